The van der Waals surface area contributed by atoms with Crippen molar-refractivity contribution in [3.05, 3.63) is 101 Å². The minimum atomic E-state index is -0.433. The van der Waals surface area contributed by atoms with Gasteiger partial charge in [0.25, 0.3) is 0 Å². The van der Waals surface area contributed by atoms with Crippen LogP contribution < -0.4 is 4.74 Å². The van der Waals surface area contributed by atoms with E-state index >= 15 is 0 Å². The van der Waals surface area contributed by atoms with Crippen molar-refractivity contribution < 1.29 is 9.84 Å². The summed E-state index contributed by atoms with van der Waals surface area (Å²) in [6.07, 6.45) is 1.06. The van der Waals surface area contributed by atoms with Crippen LogP contribution >= 0.6 is 0 Å². The molecule has 0 aliphatic carbocycles. The molecule has 3 rings (SSSR count). The van der Waals surface area contributed by atoms with Crippen molar-refractivity contribution in [2.45, 2.75) is 32.5 Å². The van der Waals surface area contributed by atoms with E-state index in [0.29, 0.717) is 13.0 Å². The average Bonchev–Trinajstić information content (AvgIpc) is 2.68. The SMILES string of the molecule is CC[C@H](O)c1ccc(OCc2ccccc2)c(Cc2ccccc2)c1. The quantitative estimate of drug-likeness (QED) is 0.636. The van der Waals surface area contributed by atoms with Gasteiger partial charge in [-0.25, -0.2) is 0 Å². The van der Waals surface area contributed by atoms with Gasteiger partial charge in [-0.3, -0.25) is 0 Å². The molecule has 1 N–H and O–H groups in total. The van der Waals surface area contributed by atoms with E-state index < -0.39 is 6.10 Å². The van der Waals surface area contributed by atoms with Gasteiger partial charge in [-0.15, -0.1) is 0 Å². The lowest BCUT2D eigenvalue weighted by Crippen LogP contribution is -2.02. The zero-order valence-electron chi connectivity index (χ0n) is 14.6. The molecule has 0 saturated carbocycles. The predicted octanol–water partition coefficient (Wildman–Crippen LogP) is 5.30. The normalized spacial score (nSPS) is 11.9. The highest BCUT2D eigenvalue weighted by atomic mass is 16.5. The Labute approximate surface area is 149 Å². The van der Waals surface area contributed by atoms with Gasteiger partial charge in [0.1, 0.15) is 12.4 Å². The third kappa shape index (κ3) is 4.71. The average molecular weight is 332 g/mol. The lowest BCUT2D eigenvalue weighted by Gasteiger charge is -2.16. The molecule has 0 aliphatic rings. The van der Waals surface area contributed by atoms with E-state index in [4.69, 9.17) is 4.74 Å². The molecule has 0 fully saturated rings. The standard InChI is InChI=1S/C23H24O2/c1-2-22(24)20-13-14-23(25-17-19-11-7-4-8-12-19)21(16-20)15-18-9-5-3-6-10-18/h3-14,16,22,24H,2,15,17H2,1H3/t22-/m0/s1. The van der Waals surface area contributed by atoms with E-state index in [2.05, 4.69) is 30.3 Å². The molecule has 0 bridgehead atoms. The van der Waals surface area contributed by atoms with E-state index in [1.165, 1.54) is 5.56 Å². The van der Waals surface area contributed by atoms with Gasteiger partial charge in [0.2, 0.25) is 0 Å². The summed E-state index contributed by atoms with van der Waals surface area (Å²) in [5.74, 6) is 0.875. The number of benzene rings is 3. The molecule has 25 heavy (non-hydrogen) atoms. The summed E-state index contributed by atoms with van der Waals surface area (Å²) in [5, 5.41) is 10.2. The van der Waals surface area contributed by atoms with E-state index in [0.717, 1.165) is 28.9 Å². The Hall–Kier alpha value is -2.58. The number of aliphatic hydroxyl groups is 1. The summed E-state index contributed by atoms with van der Waals surface area (Å²) >= 11 is 0. The lowest BCUT2D eigenvalue weighted by molar-refractivity contribution is 0.173. The maximum Gasteiger partial charge on any atom is 0.123 e. The topological polar surface area (TPSA) is 29.5 Å². The van der Waals surface area contributed by atoms with Crippen LogP contribution in [0.3, 0.4) is 0 Å². The Balaban J connectivity index is 1.84. The Kier molecular flexibility index (Phi) is 5.86. The molecule has 0 aromatic heterocycles. The zero-order valence-corrected chi connectivity index (χ0v) is 14.6. The van der Waals surface area contributed by atoms with Crippen molar-refractivity contribution in [3.8, 4) is 5.75 Å². The number of hydrogen-bond donors (Lipinski definition) is 1. The molecule has 2 nitrogen and oxygen atoms in total. The van der Waals surface area contributed by atoms with Crippen LogP contribution in [0.4, 0.5) is 0 Å². The van der Waals surface area contributed by atoms with Crippen molar-refractivity contribution in [2.24, 2.45) is 0 Å². The molecule has 128 valence electrons. The van der Waals surface area contributed by atoms with Crippen molar-refractivity contribution in [1.29, 1.82) is 0 Å². The first kappa shape index (κ1) is 17.2. The predicted molar refractivity (Wildman–Crippen MR) is 102 cm³/mol. The first-order chi connectivity index (χ1) is 12.3. The van der Waals surface area contributed by atoms with Crippen LogP contribution in [0, 0.1) is 0 Å². The Morgan fingerprint density at radius 3 is 2.12 bits per heavy atom. The molecule has 3 aromatic carbocycles. The summed E-state index contributed by atoms with van der Waals surface area (Å²) < 4.78 is 6.08. The minimum Gasteiger partial charge on any atom is -0.489 e. The third-order valence-electron chi connectivity index (χ3n) is 4.33. The van der Waals surface area contributed by atoms with Crippen LogP contribution in [-0.4, -0.2) is 5.11 Å². The Morgan fingerprint density at radius 2 is 1.48 bits per heavy atom. The van der Waals surface area contributed by atoms with Crippen LogP contribution in [0.1, 0.15) is 41.7 Å². The highest BCUT2D eigenvalue weighted by molar-refractivity contribution is 5.41. The molecule has 0 heterocycles. The molecule has 0 radical (unpaired) electrons. The largest absolute Gasteiger partial charge is 0.489 e. The summed E-state index contributed by atoms with van der Waals surface area (Å²) in [7, 11) is 0. The maximum absolute atomic E-state index is 10.2. The number of aliphatic hydroxyl groups excluding tert-OH is 1. The Bertz CT molecular complexity index is 782. The number of hydrogen-bond acceptors (Lipinski definition) is 2. The molecule has 0 spiro atoms. The van der Waals surface area contributed by atoms with Crippen LogP contribution in [0.2, 0.25) is 0 Å². The smallest absolute Gasteiger partial charge is 0.123 e. The molecule has 0 aliphatic heterocycles. The van der Waals surface area contributed by atoms with Gasteiger partial charge in [0.15, 0.2) is 0 Å². The van der Waals surface area contributed by atoms with Crippen LogP contribution in [0.25, 0.3) is 0 Å². The number of rotatable bonds is 7. The monoisotopic (exact) mass is 332 g/mol. The van der Waals surface area contributed by atoms with Gasteiger partial charge in [-0.2, -0.15) is 0 Å². The van der Waals surface area contributed by atoms with Crippen LogP contribution in [-0.2, 0) is 13.0 Å². The second-order valence-electron chi connectivity index (χ2n) is 6.23. The molecule has 0 amide bonds. The lowest BCUT2D eigenvalue weighted by atomic mass is 9.98. The van der Waals surface area contributed by atoms with Crippen molar-refractivity contribution in [2.75, 3.05) is 0 Å². The fraction of sp³-hybridized carbons (Fsp3) is 0.217. The summed E-state index contributed by atoms with van der Waals surface area (Å²) in [6, 6.07) is 26.5. The van der Waals surface area contributed by atoms with Gasteiger partial charge < -0.3 is 9.84 Å². The first-order valence-corrected chi connectivity index (χ1v) is 8.78. The molecule has 1 atom stereocenters. The highest BCUT2D eigenvalue weighted by Gasteiger charge is 2.11. The summed E-state index contributed by atoms with van der Waals surface area (Å²) in [4.78, 5) is 0. The van der Waals surface area contributed by atoms with Gasteiger partial charge in [0, 0.05) is 6.42 Å². The Morgan fingerprint density at radius 1 is 0.840 bits per heavy atom. The fourth-order valence-electron chi connectivity index (χ4n) is 2.87. The molecular formula is C23H24O2. The highest BCUT2D eigenvalue weighted by Crippen LogP contribution is 2.28. The maximum atomic E-state index is 10.2. The number of ether oxygens (including phenoxy) is 1. The van der Waals surface area contributed by atoms with Gasteiger partial charge in [-0.1, -0.05) is 73.7 Å². The third-order valence-corrected chi connectivity index (χ3v) is 4.33. The molecule has 2 heteroatoms. The zero-order chi connectivity index (χ0) is 17.5. The summed E-state index contributed by atoms with van der Waals surface area (Å²) in [6.45, 7) is 2.53. The van der Waals surface area contributed by atoms with Gasteiger partial charge in [-0.05, 0) is 40.8 Å². The minimum absolute atomic E-state index is 0.433. The van der Waals surface area contributed by atoms with Crippen molar-refractivity contribution >= 4 is 0 Å². The van der Waals surface area contributed by atoms with Crippen molar-refractivity contribution in [1.82, 2.24) is 0 Å². The molecular weight excluding hydrogens is 308 g/mol. The van der Waals surface area contributed by atoms with Crippen molar-refractivity contribution in [3.63, 3.8) is 0 Å². The molecule has 3 aromatic rings. The molecule has 0 unspecified atom stereocenters. The summed E-state index contributed by atoms with van der Waals surface area (Å²) in [5.41, 5.74) is 4.42. The van der Waals surface area contributed by atoms with E-state index in [-0.39, 0.29) is 0 Å². The van der Waals surface area contributed by atoms with Gasteiger partial charge >= 0.3 is 0 Å². The van der Waals surface area contributed by atoms with Crippen LogP contribution in [0.5, 0.6) is 5.75 Å². The van der Waals surface area contributed by atoms with E-state index in [1.54, 1.807) is 0 Å². The first-order valence-electron chi connectivity index (χ1n) is 8.78. The second-order valence-corrected chi connectivity index (χ2v) is 6.23. The molecule has 0 saturated heterocycles. The fourth-order valence-corrected chi connectivity index (χ4v) is 2.87. The van der Waals surface area contributed by atoms with Crippen LogP contribution in [0.15, 0.2) is 78.9 Å². The van der Waals surface area contributed by atoms with E-state index in [1.807, 2.05) is 55.5 Å². The second kappa shape index (κ2) is 8.50. The van der Waals surface area contributed by atoms with E-state index in [9.17, 15) is 5.11 Å². The van der Waals surface area contributed by atoms with Gasteiger partial charge in [0.05, 0.1) is 6.10 Å².